The fraction of sp³-hybridized carbons (Fsp3) is 0.333. The van der Waals surface area contributed by atoms with E-state index in [2.05, 4.69) is 71.6 Å². The molecule has 6 heteroatoms. The lowest BCUT2D eigenvalue weighted by atomic mass is 9.77. The first kappa shape index (κ1) is 19.9. The van der Waals surface area contributed by atoms with E-state index in [1.807, 2.05) is 6.92 Å². The average Bonchev–Trinajstić information content (AvgIpc) is 3.15. The molecule has 1 aliphatic heterocycles. The van der Waals surface area contributed by atoms with Crippen molar-refractivity contribution in [2.75, 3.05) is 6.54 Å². The van der Waals surface area contributed by atoms with Gasteiger partial charge >= 0.3 is 0 Å². The molecule has 2 aromatic carbocycles. The smallest absolute Gasteiger partial charge is 0.249 e. The number of carbonyl (C=O) groups is 1. The molecule has 2 aromatic rings. The van der Waals surface area contributed by atoms with E-state index in [9.17, 15) is 4.79 Å². The Hall–Kier alpha value is -3.37. The molecule has 0 saturated heterocycles. The molecule has 0 bridgehead atoms. The van der Waals surface area contributed by atoms with Gasteiger partial charge in [0.25, 0.3) is 0 Å². The zero-order valence-electron chi connectivity index (χ0n) is 17.3. The third kappa shape index (κ3) is 4.00. The van der Waals surface area contributed by atoms with E-state index in [1.54, 1.807) is 5.01 Å². The molecule has 2 aliphatic rings. The highest BCUT2D eigenvalue weighted by molar-refractivity contribution is 6.08. The van der Waals surface area contributed by atoms with Gasteiger partial charge in [-0.05, 0) is 61.4 Å². The summed E-state index contributed by atoms with van der Waals surface area (Å²) in [6, 6.07) is 16.6. The maximum absolute atomic E-state index is 12.8. The number of allylic oxidation sites excluding steroid dienone is 1. The highest BCUT2D eigenvalue weighted by atomic mass is 16.2. The standard InChI is InChI=1S/C24H25N5O/c1-16-6-10-18(11-7-16)14-20-4-3-5-21-23(20)27-29(22(30)15-26-28-25)24(21)19-12-8-17(2)9-13-19/h6-14,21,24H,3-5,15H2,1-2H3/b20-14+/t21-,24+/m0/s1. The molecule has 0 N–H and O–H groups in total. The van der Waals surface area contributed by atoms with Gasteiger partial charge in [0.15, 0.2) is 0 Å². The lowest BCUT2D eigenvalue weighted by molar-refractivity contribution is -0.132. The summed E-state index contributed by atoms with van der Waals surface area (Å²) in [6.07, 6.45) is 5.18. The Labute approximate surface area is 176 Å². The normalized spacial score (nSPS) is 21.7. The second kappa shape index (κ2) is 8.56. The van der Waals surface area contributed by atoms with Crippen LogP contribution in [-0.4, -0.2) is 23.2 Å². The number of nitrogens with zero attached hydrogens (tertiary/aromatic N) is 5. The summed E-state index contributed by atoms with van der Waals surface area (Å²) in [7, 11) is 0. The van der Waals surface area contributed by atoms with Crippen molar-refractivity contribution < 1.29 is 4.79 Å². The van der Waals surface area contributed by atoms with E-state index in [1.165, 1.54) is 16.7 Å². The van der Waals surface area contributed by atoms with Crippen LogP contribution in [0.1, 0.15) is 47.6 Å². The Kier molecular flexibility index (Phi) is 5.68. The second-order valence-electron chi connectivity index (χ2n) is 8.05. The van der Waals surface area contributed by atoms with Gasteiger partial charge in [-0.25, -0.2) is 5.01 Å². The Bertz CT molecular complexity index is 1050. The fourth-order valence-corrected chi connectivity index (χ4v) is 4.33. The number of hydrogen-bond acceptors (Lipinski definition) is 3. The van der Waals surface area contributed by atoms with Gasteiger partial charge in [0.2, 0.25) is 5.91 Å². The topological polar surface area (TPSA) is 81.4 Å². The monoisotopic (exact) mass is 399 g/mol. The molecule has 2 atom stereocenters. The summed E-state index contributed by atoms with van der Waals surface area (Å²) in [5, 5.41) is 9.81. The van der Waals surface area contributed by atoms with Crippen molar-refractivity contribution in [1.82, 2.24) is 5.01 Å². The molecule has 0 unspecified atom stereocenters. The fourth-order valence-electron chi connectivity index (χ4n) is 4.33. The molecule has 0 spiro atoms. The third-order valence-electron chi connectivity index (χ3n) is 5.86. The van der Waals surface area contributed by atoms with E-state index < -0.39 is 0 Å². The minimum absolute atomic E-state index is 0.146. The summed E-state index contributed by atoms with van der Waals surface area (Å²) < 4.78 is 0. The minimum atomic E-state index is -0.269. The quantitative estimate of drug-likeness (QED) is 0.367. The number of aryl methyl sites for hydroxylation is 2. The van der Waals surface area contributed by atoms with Crippen LogP contribution in [0.2, 0.25) is 0 Å². The van der Waals surface area contributed by atoms with Gasteiger partial charge in [0.05, 0.1) is 11.8 Å². The Morgan fingerprint density at radius 2 is 1.83 bits per heavy atom. The van der Waals surface area contributed by atoms with Gasteiger partial charge in [-0.3, -0.25) is 4.79 Å². The maximum Gasteiger partial charge on any atom is 0.249 e. The van der Waals surface area contributed by atoms with Gasteiger partial charge in [-0.15, -0.1) is 0 Å². The molecule has 0 aromatic heterocycles. The molecule has 1 amide bonds. The molecule has 152 valence electrons. The molecule has 1 aliphatic carbocycles. The lowest BCUT2D eigenvalue weighted by Gasteiger charge is -2.29. The predicted octanol–water partition coefficient (Wildman–Crippen LogP) is 5.74. The van der Waals surface area contributed by atoms with Crippen LogP contribution in [-0.2, 0) is 4.79 Å². The third-order valence-corrected chi connectivity index (χ3v) is 5.86. The van der Waals surface area contributed by atoms with Crippen LogP contribution >= 0.6 is 0 Å². The Morgan fingerprint density at radius 1 is 1.17 bits per heavy atom. The number of hydrazone groups is 1. The van der Waals surface area contributed by atoms with Crippen LogP contribution in [0, 0.1) is 19.8 Å². The maximum atomic E-state index is 12.8. The van der Waals surface area contributed by atoms with E-state index in [0.29, 0.717) is 0 Å². The highest BCUT2D eigenvalue weighted by Gasteiger charge is 2.43. The summed E-state index contributed by atoms with van der Waals surface area (Å²) in [4.78, 5) is 15.6. The number of amides is 1. The SMILES string of the molecule is Cc1ccc(/C=C2\CCC[C@H]3C2=NN(C(=O)CN=[N+]=[N-])[C@@H]3c2ccc(C)cc2)cc1. The van der Waals surface area contributed by atoms with E-state index in [0.717, 1.165) is 36.1 Å². The van der Waals surface area contributed by atoms with Gasteiger partial charge < -0.3 is 0 Å². The number of azide groups is 1. The molecule has 1 heterocycles. The summed E-state index contributed by atoms with van der Waals surface area (Å²) in [5.41, 5.74) is 15.4. The molecule has 30 heavy (non-hydrogen) atoms. The number of carbonyl (C=O) groups excluding carboxylic acids is 1. The van der Waals surface area contributed by atoms with Crippen molar-refractivity contribution in [3.8, 4) is 0 Å². The van der Waals surface area contributed by atoms with E-state index in [-0.39, 0.29) is 24.4 Å². The molecule has 0 radical (unpaired) electrons. The first-order valence-corrected chi connectivity index (χ1v) is 10.3. The zero-order chi connectivity index (χ0) is 21.1. The van der Waals surface area contributed by atoms with Gasteiger partial charge in [0.1, 0.15) is 6.54 Å². The zero-order valence-corrected chi connectivity index (χ0v) is 17.3. The minimum Gasteiger partial charge on any atom is -0.273 e. The molecule has 6 nitrogen and oxygen atoms in total. The number of benzene rings is 2. The molecule has 1 fully saturated rings. The lowest BCUT2D eigenvalue weighted by Crippen LogP contribution is -2.33. The molecular weight excluding hydrogens is 374 g/mol. The van der Waals surface area contributed by atoms with Crippen LogP contribution < -0.4 is 0 Å². The Morgan fingerprint density at radius 3 is 2.50 bits per heavy atom. The molecular formula is C24H25N5O. The van der Waals surface area contributed by atoms with E-state index in [4.69, 9.17) is 10.6 Å². The van der Waals surface area contributed by atoms with Crippen molar-refractivity contribution in [2.24, 2.45) is 16.1 Å². The van der Waals surface area contributed by atoms with E-state index >= 15 is 0 Å². The summed E-state index contributed by atoms with van der Waals surface area (Å²) in [5.74, 6) is -0.122. The van der Waals surface area contributed by atoms with Crippen molar-refractivity contribution in [2.45, 2.75) is 39.2 Å². The summed E-state index contributed by atoms with van der Waals surface area (Å²) in [6.45, 7) is 3.90. The van der Waals surface area contributed by atoms with Gasteiger partial charge in [-0.2, -0.15) is 5.10 Å². The largest absolute Gasteiger partial charge is 0.273 e. The van der Waals surface area contributed by atoms with Gasteiger partial charge in [0, 0.05) is 10.8 Å². The van der Waals surface area contributed by atoms with Crippen molar-refractivity contribution in [1.29, 1.82) is 0 Å². The molecule has 1 saturated carbocycles. The average molecular weight is 399 g/mol. The first-order chi connectivity index (χ1) is 14.6. The number of fused-ring (bicyclic) bond motifs is 1. The van der Waals surface area contributed by atoms with Crippen LogP contribution in [0.5, 0.6) is 0 Å². The molecule has 4 rings (SSSR count). The van der Waals surface area contributed by atoms with Crippen LogP contribution in [0.15, 0.2) is 64.3 Å². The second-order valence-corrected chi connectivity index (χ2v) is 8.05. The first-order valence-electron chi connectivity index (χ1n) is 10.3. The van der Waals surface area contributed by atoms with Crippen LogP contribution in [0.3, 0.4) is 0 Å². The van der Waals surface area contributed by atoms with Gasteiger partial charge in [-0.1, -0.05) is 64.8 Å². The summed E-state index contributed by atoms with van der Waals surface area (Å²) >= 11 is 0. The number of rotatable bonds is 4. The van der Waals surface area contributed by atoms with Crippen molar-refractivity contribution in [3.05, 3.63) is 86.8 Å². The Balaban J connectivity index is 1.73. The van der Waals surface area contributed by atoms with Crippen LogP contribution in [0.25, 0.3) is 16.5 Å². The number of hydrogen-bond donors (Lipinski definition) is 0. The van der Waals surface area contributed by atoms with Crippen LogP contribution in [0.4, 0.5) is 0 Å². The highest BCUT2D eigenvalue weighted by Crippen LogP contribution is 2.44. The van der Waals surface area contributed by atoms with Crippen molar-refractivity contribution in [3.63, 3.8) is 0 Å². The predicted molar refractivity (Wildman–Crippen MR) is 119 cm³/mol. The van der Waals surface area contributed by atoms with Crippen molar-refractivity contribution >= 4 is 17.7 Å².